The van der Waals surface area contributed by atoms with Gasteiger partial charge >= 0.3 is 5.97 Å². The van der Waals surface area contributed by atoms with Gasteiger partial charge in [-0.2, -0.15) is 10.6 Å². The first kappa shape index (κ1) is 16.7. The summed E-state index contributed by atoms with van der Waals surface area (Å²) in [5.41, 5.74) is 3.87. The van der Waals surface area contributed by atoms with Crippen molar-refractivity contribution in [3.05, 3.63) is 0 Å². The Morgan fingerprint density at radius 3 is 1.87 bits per heavy atom. The molecule has 134 valence electrons. The topological polar surface area (TPSA) is 85.8 Å². The fraction of sp³-hybridized carbons (Fsp3) is 0.882. The maximum Gasteiger partial charge on any atom is 0.352 e. The molecule has 0 aromatic rings. The van der Waals surface area contributed by atoms with Crippen molar-refractivity contribution in [1.82, 2.24) is 16.5 Å². The molecule has 0 saturated heterocycles. The second-order valence-corrected chi connectivity index (χ2v) is 6.30. The van der Waals surface area contributed by atoms with E-state index in [-0.39, 0.29) is 5.71 Å². The monoisotopic (exact) mass is 328 g/mol. The predicted octanol–water partition coefficient (Wildman–Crippen LogP) is 3.50. The van der Waals surface area contributed by atoms with Gasteiger partial charge < -0.3 is 5.11 Å². The highest BCUT2D eigenvalue weighted by Crippen LogP contribution is 2.13. The Hall–Kier alpha value is -1.14. The van der Waals surface area contributed by atoms with Crippen molar-refractivity contribution in [2.45, 2.75) is 89.9 Å². The first-order valence-corrected chi connectivity index (χ1v) is 9.23. The fourth-order valence-corrected chi connectivity index (χ4v) is 2.80. The van der Waals surface area contributed by atoms with E-state index in [9.17, 15) is 9.90 Å². The largest absolute Gasteiger partial charge is 0.477 e. The lowest BCUT2D eigenvalue weighted by Crippen LogP contribution is -2.41. The molecule has 23 heavy (non-hydrogen) atoms. The van der Waals surface area contributed by atoms with E-state index >= 15 is 0 Å². The molecule has 6 nitrogen and oxygen atoms in total. The summed E-state index contributed by atoms with van der Waals surface area (Å²) < 4.78 is 15.4. The molecule has 0 aliphatic carbocycles. The highest BCUT2D eigenvalue weighted by Gasteiger charge is 2.08. The van der Waals surface area contributed by atoms with Gasteiger partial charge in [-0.15, -0.1) is 0 Å². The molecule has 0 atom stereocenters. The number of carbonyl (C=O) groups is 1. The van der Waals surface area contributed by atoms with Crippen LogP contribution < -0.4 is 16.5 Å². The summed E-state index contributed by atoms with van der Waals surface area (Å²) in [4.78, 5) is 11.3. The van der Waals surface area contributed by atoms with Crippen LogP contribution >= 0.6 is 0 Å². The molecule has 0 fully saturated rings. The molecule has 0 unspecified atom stereocenters. The van der Waals surface area contributed by atoms with E-state index in [2.05, 4.69) is 10.5 Å². The first-order chi connectivity index (χ1) is 12.1. The molecular formula is C17H34N4O2. The summed E-state index contributed by atoms with van der Waals surface area (Å²) in [6.45, 7) is 0.580. The second-order valence-electron chi connectivity index (χ2n) is 6.30. The molecule has 0 saturated carbocycles. The lowest BCUT2D eigenvalue weighted by molar-refractivity contribution is -0.129. The van der Waals surface area contributed by atoms with Gasteiger partial charge in [0, 0.05) is 6.54 Å². The van der Waals surface area contributed by atoms with E-state index in [0.29, 0.717) is 24.0 Å². The van der Waals surface area contributed by atoms with Gasteiger partial charge in [0.25, 0.3) is 0 Å². The van der Waals surface area contributed by atoms with Crippen molar-refractivity contribution in [1.29, 1.82) is 0 Å². The predicted molar refractivity (Wildman–Crippen MR) is 94.0 cm³/mol. The van der Waals surface area contributed by atoms with Crippen LogP contribution in [0.3, 0.4) is 0 Å². The molecule has 1 aliphatic heterocycles. The second kappa shape index (κ2) is 14.5. The lowest BCUT2D eigenvalue weighted by Gasteiger charge is -2.08. The normalized spacial score (nSPS) is 24.2. The van der Waals surface area contributed by atoms with E-state index in [0.717, 1.165) is 32.1 Å². The number of nitrogens with zero attached hydrogens (tertiary/aromatic N) is 1. The highest BCUT2D eigenvalue weighted by molar-refractivity contribution is 6.35. The molecular weight excluding hydrogens is 292 g/mol. The van der Waals surface area contributed by atoms with Crippen molar-refractivity contribution in [3.8, 4) is 0 Å². The molecule has 4 N–H and O–H groups in total. The Balaban J connectivity index is 2.49. The van der Waals surface area contributed by atoms with Gasteiger partial charge in [0.2, 0.25) is 1.41 Å². The van der Waals surface area contributed by atoms with Crippen LogP contribution in [0.15, 0.2) is 5.10 Å². The van der Waals surface area contributed by atoms with Crippen LogP contribution in [0.2, 0.25) is 2.82 Å². The van der Waals surface area contributed by atoms with Crippen molar-refractivity contribution in [2.75, 3.05) is 6.54 Å². The van der Waals surface area contributed by atoms with Gasteiger partial charge in [0.15, 0.2) is 1.41 Å². The Bertz CT molecular complexity index is 397. The maximum atomic E-state index is 11.3. The Morgan fingerprint density at radius 2 is 1.35 bits per heavy atom. The van der Waals surface area contributed by atoms with Crippen LogP contribution in [0.1, 0.15) is 89.9 Å². The van der Waals surface area contributed by atoms with Crippen LogP contribution in [-0.4, -0.2) is 23.3 Å². The van der Waals surface area contributed by atoms with Crippen molar-refractivity contribution in [2.24, 2.45) is 5.10 Å². The van der Waals surface area contributed by atoms with Gasteiger partial charge in [-0.3, -0.25) is 0 Å². The quantitative estimate of drug-likeness (QED) is 0.592. The van der Waals surface area contributed by atoms with E-state index in [1.165, 1.54) is 51.4 Å². The molecule has 1 heterocycles. The maximum absolute atomic E-state index is 11.3. The molecule has 1 aliphatic rings. The molecule has 0 amide bonds. The van der Waals surface area contributed by atoms with Crippen molar-refractivity contribution >= 4 is 11.7 Å². The van der Waals surface area contributed by atoms with E-state index in [4.69, 9.17) is 2.82 Å². The van der Waals surface area contributed by atoms with E-state index < -0.39 is 5.97 Å². The Labute approximate surface area is 143 Å². The minimum Gasteiger partial charge on any atom is -0.477 e. The summed E-state index contributed by atoms with van der Waals surface area (Å²) in [5, 5.41) is 13.0. The average Bonchev–Trinajstić information content (AvgIpc) is 2.58. The van der Waals surface area contributed by atoms with Gasteiger partial charge in [0.05, 0.1) is 0 Å². The van der Waals surface area contributed by atoms with Gasteiger partial charge in [-0.05, 0) is 19.3 Å². The third-order valence-electron chi connectivity index (χ3n) is 4.23. The number of nitrogens with one attached hydrogen (secondary N) is 3. The number of rotatable bonds is 1. The number of carboxylic acids is 1. The van der Waals surface area contributed by atoms with Gasteiger partial charge in [0.1, 0.15) is 5.71 Å². The van der Waals surface area contributed by atoms with Crippen LogP contribution in [-0.2, 0) is 4.79 Å². The number of hydrogen-bond acceptors (Lipinski definition) is 5. The van der Waals surface area contributed by atoms with Crippen molar-refractivity contribution < 1.29 is 12.7 Å². The Morgan fingerprint density at radius 1 is 0.870 bits per heavy atom. The van der Waals surface area contributed by atoms with Crippen LogP contribution in [0.5, 0.6) is 0 Å². The third-order valence-corrected chi connectivity index (χ3v) is 4.23. The SMILES string of the molecule is [2H]N1N=C(C(=O)O)CCCCCCCCCCCCCCCNN1[2H]. The molecule has 0 aromatic heterocycles. The summed E-state index contributed by atoms with van der Waals surface area (Å²) in [6, 6.07) is 0. The standard InChI is InChI=1S/C17H34N4O2/c22-17(23)16-14-12-10-8-6-4-2-1-3-5-7-9-11-13-15-18-20-21-19-16/h18,20-21H,1-15H2,(H,22,23)/i/hD2. The summed E-state index contributed by atoms with van der Waals surface area (Å²) in [5.74, 6) is -1.12. The highest BCUT2D eigenvalue weighted by atomic mass is 16.4. The number of hydrazine groups is 2. The van der Waals surface area contributed by atoms with Crippen LogP contribution in [0.25, 0.3) is 0 Å². The molecule has 0 aromatic carbocycles. The fourth-order valence-electron chi connectivity index (χ4n) is 2.80. The molecule has 0 bridgehead atoms. The summed E-state index contributed by atoms with van der Waals surface area (Å²) in [6.07, 6.45) is 15.4. The van der Waals surface area contributed by atoms with Crippen molar-refractivity contribution in [3.63, 3.8) is 0 Å². The third kappa shape index (κ3) is 12.0. The number of aliphatic carboxylic acids is 1. The van der Waals surface area contributed by atoms with Crippen LogP contribution in [0, 0.1) is 0 Å². The Kier molecular flexibility index (Phi) is 10.5. The lowest BCUT2D eigenvalue weighted by atomic mass is 10.0. The minimum absolute atomic E-state index is 0.0662. The van der Waals surface area contributed by atoms with E-state index in [1.54, 1.807) is 0 Å². The molecule has 0 radical (unpaired) electrons. The summed E-state index contributed by atoms with van der Waals surface area (Å²) in [7, 11) is 0. The zero-order chi connectivity index (χ0) is 18.3. The molecule has 1 rings (SSSR count). The van der Waals surface area contributed by atoms with Gasteiger partial charge in [-0.1, -0.05) is 70.6 Å². The average molecular weight is 328 g/mol. The number of hydrogen-bond donors (Lipinski definition) is 4. The molecule has 0 spiro atoms. The smallest absolute Gasteiger partial charge is 0.352 e. The zero-order valence-electron chi connectivity index (χ0n) is 16.3. The van der Waals surface area contributed by atoms with Crippen LogP contribution in [0.4, 0.5) is 0 Å². The number of carboxylic acid groups (broad SMARTS) is 1. The van der Waals surface area contributed by atoms with E-state index in [1.807, 2.05) is 0 Å². The zero-order valence-corrected chi connectivity index (χ0v) is 14.3. The molecule has 6 heteroatoms. The minimum atomic E-state index is -1.12. The first-order valence-electron chi connectivity index (χ1n) is 10.1. The van der Waals surface area contributed by atoms with Gasteiger partial charge in [-0.25, -0.2) is 15.7 Å². The summed E-state index contributed by atoms with van der Waals surface area (Å²) >= 11 is 0. The number of hydrazone groups is 1.